The van der Waals surface area contributed by atoms with Crippen LogP contribution in [0.15, 0.2) is 30.6 Å². The third kappa shape index (κ3) is 3.14. The zero-order chi connectivity index (χ0) is 14.5. The molecule has 1 aromatic heterocycles. The highest BCUT2D eigenvalue weighted by Crippen LogP contribution is 2.36. The van der Waals surface area contributed by atoms with E-state index in [1.807, 2.05) is 25.1 Å². The van der Waals surface area contributed by atoms with Gasteiger partial charge in [-0.2, -0.15) is 0 Å². The van der Waals surface area contributed by atoms with Crippen LogP contribution in [0.25, 0.3) is 0 Å². The van der Waals surface area contributed by atoms with Crippen molar-refractivity contribution in [1.82, 2.24) is 4.98 Å². The second-order valence-corrected chi connectivity index (χ2v) is 4.76. The summed E-state index contributed by atoms with van der Waals surface area (Å²) in [6.07, 6.45) is 3.57. The van der Waals surface area contributed by atoms with E-state index in [2.05, 4.69) is 10.3 Å². The van der Waals surface area contributed by atoms with Gasteiger partial charge >= 0.3 is 0 Å². The van der Waals surface area contributed by atoms with Gasteiger partial charge in [-0.05, 0) is 36.2 Å². The molecule has 2 aromatic rings. The van der Waals surface area contributed by atoms with Gasteiger partial charge in [-0.15, -0.1) is 0 Å². The van der Waals surface area contributed by atoms with Gasteiger partial charge in [0.15, 0.2) is 11.5 Å². The second kappa shape index (κ2) is 6.48. The number of nitrogens with one attached hydrogen (secondary N) is 1. The lowest BCUT2D eigenvalue weighted by atomic mass is 10.2. The van der Waals surface area contributed by atoms with Crippen molar-refractivity contribution in [2.45, 2.75) is 13.5 Å². The lowest BCUT2D eigenvalue weighted by Crippen LogP contribution is -2.02. The summed E-state index contributed by atoms with van der Waals surface area (Å²) in [7, 11) is 3.16. The number of hydrogen-bond acceptors (Lipinski definition) is 4. The molecular formula is C15H17ClN2O2. The number of anilines is 1. The SMILES string of the molecule is COc1cc(CNc2cnccc2C)cc(Cl)c1OC. The summed E-state index contributed by atoms with van der Waals surface area (Å²) in [5, 5.41) is 3.86. The quantitative estimate of drug-likeness (QED) is 0.913. The highest BCUT2D eigenvalue weighted by Gasteiger charge is 2.10. The van der Waals surface area contributed by atoms with Crippen molar-refractivity contribution >= 4 is 17.3 Å². The molecule has 0 bridgehead atoms. The Morgan fingerprint density at radius 3 is 2.70 bits per heavy atom. The fourth-order valence-electron chi connectivity index (χ4n) is 1.92. The Morgan fingerprint density at radius 1 is 1.25 bits per heavy atom. The molecule has 0 spiro atoms. The number of nitrogens with zero attached hydrogens (tertiary/aromatic N) is 1. The Hall–Kier alpha value is -1.94. The molecule has 0 atom stereocenters. The molecule has 106 valence electrons. The van der Waals surface area contributed by atoms with Crippen molar-refractivity contribution in [3.63, 3.8) is 0 Å². The summed E-state index contributed by atoms with van der Waals surface area (Å²) >= 11 is 6.18. The maximum absolute atomic E-state index is 6.18. The Bertz CT molecular complexity index is 602. The van der Waals surface area contributed by atoms with Gasteiger partial charge in [-0.25, -0.2) is 0 Å². The highest BCUT2D eigenvalue weighted by molar-refractivity contribution is 6.32. The number of ether oxygens (including phenoxy) is 2. The van der Waals surface area contributed by atoms with Gasteiger partial charge < -0.3 is 14.8 Å². The third-order valence-electron chi connectivity index (χ3n) is 3.02. The van der Waals surface area contributed by atoms with Crippen LogP contribution in [0.2, 0.25) is 5.02 Å². The van der Waals surface area contributed by atoms with Gasteiger partial charge in [-0.1, -0.05) is 11.6 Å². The predicted molar refractivity (Wildman–Crippen MR) is 80.9 cm³/mol. The molecule has 0 aliphatic carbocycles. The zero-order valence-corrected chi connectivity index (χ0v) is 12.5. The summed E-state index contributed by atoms with van der Waals surface area (Å²) in [5.41, 5.74) is 3.15. The number of aromatic nitrogens is 1. The third-order valence-corrected chi connectivity index (χ3v) is 3.30. The number of pyridine rings is 1. The van der Waals surface area contributed by atoms with Crippen molar-refractivity contribution in [3.8, 4) is 11.5 Å². The number of methoxy groups -OCH3 is 2. The molecule has 1 heterocycles. The molecule has 0 radical (unpaired) electrons. The van der Waals surface area contributed by atoms with E-state index in [1.165, 1.54) is 0 Å². The van der Waals surface area contributed by atoms with Crippen molar-refractivity contribution in [3.05, 3.63) is 46.7 Å². The standard InChI is InChI=1S/C15H17ClN2O2/c1-10-4-5-17-9-13(10)18-8-11-6-12(16)15(20-3)14(7-11)19-2/h4-7,9,18H,8H2,1-3H3. The first-order chi connectivity index (χ1) is 9.65. The van der Waals surface area contributed by atoms with Crippen LogP contribution in [0.4, 0.5) is 5.69 Å². The number of hydrogen-bond donors (Lipinski definition) is 1. The molecule has 20 heavy (non-hydrogen) atoms. The van der Waals surface area contributed by atoms with Crippen molar-refractivity contribution < 1.29 is 9.47 Å². The van der Waals surface area contributed by atoms with Crippen LogP contribution >= 0.6 is 11.6 Å². The van der Waals surface area contributed by atoms with Crippen LogP contribution in [0, 0.1) is 6.92 Å². The number of halogens is 1. The largest absolute Gasteiger partial charge is 0.493 e. The van der Waals surface area contributed by atoms with Gasteiger partial charge in [0.1, 0.15) is 0 Å². The Labute approximate surface area is 123 Å². The van der Waals surface area contributed by atoms with Crippen molar-refractivity contribution in [2.24, 2.45) is 0 Å². The van der Waals surface area contributed by atoms with E-state index in [4.69, 9.17) is 21.1 Å². The molecule has 0 amide bonds. The first-order valence-electron chi connectivity index (χ1n) is 6.20. The summed E-state index contributed by atoms with van der Waals surface area (Å²) in [6, 6.07) is 5.73. The summed E-state index contributed by atoms with van der Waals surface area (Å²) in [5.74, 6) is 1.18. The predicted octanol–water partition coefficient (Wildman–Crippen LogP) is 3.67. The molecule has 0 aliphatic heterocycles. The summed E-state index contributed by atoms with van der Waals surface area (Å²) in [4.78, 5) is 4.10. The van der Waals surface area contributed by atoms with Crippen LogP contribution in [-0.4, -0.2) is 19.2 Å². The maximum atomic E-state index is 6.18. The fraction of sp³-hybridized carbons (Fsp3) is 0.267. The van der Waals surface area contributed by atoms with E-state index < -0.39 is 0 Å². The zero-order valence-electron chi connectivity index (χ0n) is 11.7. The molecule has 1 aromatic carbocycles. The van der Waals surface area contributed by atoms with Gasteiger partial charge in [0, 0.05) is 12.7 Å². The number of benzene rings is 1. The van der Waals surface area contributed by atoms with Crippen LogP contribution in [-0.2, 0) is 6.54 Å². The molecule has 4 nitrogen and oxygen atoms in total. The smallest absolute Gasteiger partial charge is 0.179 e. The minimum Gasteiger partial charge on any atom is -0.493 e. The minimum atomic E-state index is 0.534. The van der Waals surface area contributed by atoms with Crippen LogP contribution < -0.4 is 14.8 Å². The van der Waals surface area contributed by atoms with E-state index in [1.54, 1.807) is 26.6 Å². The minimum absolute atomic E-state index is 0.534. The normalized spacial score (nSPS) is 10.2. The molecule has 0 saturated heterocycles. The highest BCUT2D eigenvalue weighted by atomic mass is 35.5. The second-order valence-electron chi connectivity index (χ2n) is 4.36. The van der Waals surface area contributed by atoms with Gasteiger partial charge in [0.2, 0.25) is 0 Å². The summed E-state index contributed by atoms with van der Waals surface area (Å²) in [6.45, 7) is 2.66. The Kier molecular flexibility index (Phi) is 4.69. The first kappa shape index (κ1) is 14.5. The molecule has 0 saturated carbocycles. The molecule has 2 rings (SSSR count). The maximum Gasteiger partial charge on any atom is 0.179 e. The first-order valence-corrected chi connectivity index (χ1v) is 6.58. The van der Waals surface area contributed by atoms with Crippen LogP contribution in [0.5, 0.6) is 11.5 Å². The van der Waals surface area contributed by atoms with E-state index in [0.717, 1.165) is 16.8 Å². The van der Waals surface area contributed by atoms with Crippen molar-refractivity contribution in [2.75, 3.05) is 19.5 Å². The number of aryl methyl sites for hydroxylation is 1. The van der Waals surface area contributed by atoms with Crippen LogP contribution in [0.3, 0.4) is 0 Å². The van der Waals surface area contributed by atoms with Crippen LogP contribution in [0.1, 0.15) is 11.1 Å². The molecule has 0 aliphatic rings. The Balaban J connectivity index is 2.18. The molecule has 1 N–H and O–H groups in total. The van der Waals surface area contributed by atoms with Gasteiger partial charge in [-0.3, -0.25) is 4.98 Å². The lowest BCUT2D eigenvalue weighted by Gasteiger charge is -2.13. The van der Waals surface area contributed by atoms with E-state index in [0.29, 0.717) is 23.1 Å². The Morgan fingerprint density at radius 2 is 2.05 bits per heavy atom. The van der Waals surface area contributed by atoms with Gasteiger partial charge in [0.05, 0.1) is 31.1 Å². The average molecular weight is 293 g/mol. The summed E-state index contributed by atoms with van der Waals surface area (Å²) < 4.78 is 10.5. The average Bonchev–Trinajstić information content (AvgIpc) is 2.45. The fourth-order valence-corrected chi connectivity index (χ4v) is 2.23. The molecular weight excluding hydrogens is 276 g/mol. The monoisotopic (exact) mass is 292 g/mol. The molecule has 0 fully saturated rings. The van der Waals surface area contributed by atoms with Crippen molar-refractivity contribution in [1.29, 1.82) is 0 Å². The topological polar surface area (TPSA) is 43.4 Å². The van der Waals surface area contributed by atoms with Gasteiger partial charge in [0.25, 0.3) is 0 Å². The van der Waals surface area contributed by atoms with E-state index in [9.17, 15) is 0 Å². The molecule has 0 unspecified atom stereocenters. The number of rotatable bonds is 5. The molecule has 5 heteroatoms. The van der Waals surface area contributed by atoms with E-state index in [-0.39, 0.29) is 0 Å². The van der Waals surface area contributed by atoms with E-state index >= 15 is 0 Å². The lowest BCUT2D eigenvalue weighted by molar-refractivity contribution is 0.355.